The molecule has 0 fully saturated rings. The van der Waals surface area contributed by atoms with E-state index >= 15 is 0 Å². The molecule has 0 radical (unpaired) electrons. The Kier molecular flexibility index (Phi) is 5.36. The molecule has 0 saturated carbocycles. The van der Waals surface area contributed by atoms with E-state index in [-0.39, 0.29) is 19.1 Å². The Morgan fingerprint density at radius 3 is 2.68 bits per heavy atom. The summed E-state index contributed by atoms with van der Waals surface area (Å²) in [5.74, 6) is 0.497. The number of carbonyl (C=O) groups excluding carboxylic acids is 1. The topological polar surface area (TPSA) is 58.6 Å². The molecule has 0 aliphatic heterocycles. The van der Waals surface area contributed by atoms with Crippen LogP contribution in [-0.2, 0) is 4.79 Å². The molecule has 0 aliphatic carbocycles. The highest BCUT2D eigenvalue weighted by molar-refractivity contribution is 5.78. The van der Waals surface area contributed by atoms with Gasteiger partial charge in [0.05, 0.1) is 12.1 Å². The zero-order valence-corrected chi connectivity index (χ0v) is 12.1. The highest BCUT2D eigenvalue weighted by Gasteiger charge is 2.23. The first kappa shape index (κ1) is 15.5. The fourth-order valence-corrected chi connectivity index (χ4v) is 1.64. The van der Waals surface area contributed by atoms with Crippen LogP contribution in [0, 0.1) is 13.8 Å². The van der Waals surface area contributed by atoms with Crippen molar-refractivity contribution in [3.05, 3.63) is 29.3 Å². The number of benzene rings is 1. The molecule has 19 heavy (non-hydrogen) atoms. The third-order valence-electron chi connectivity index (χ3n) is 3.48. The van der Waals surface area contributed by atoms with Gasteiger partial charge in [-0.3, -0.25) is 4.79 Å². The Balaban J connectivity index is 2.57. The lowest BCUT2D eigenvalue weighted by Crippen LogP contribution is -2.49. The molecule has 1 aromatic rings. The molecule has 4 nitrogen and oxygen atoms in total. The summed E-state index contributed by atoms with van der Waals surface area (Å²) in [5, 5.41) is 12.0. The molecule has 0 heterocycles. The van der Waals surface area contributed by atoms with Crippen molar-refractivity contribution < 1.29 is 14.6 Å². The Morgan fingerprint density at radius 1 is 1.42 bits per heavy atom. The smallest absolute Gasteiger partial charge is 0.258 e. The van der Waals surface area contributed by atoms with Crippen LogP contribution in [0.5, 0.6) is 5.75 Å². The zero-order valence-electron chi connectivity index (χ0n) is 12.1. The van der Waals surface area contributed by atoms with Gasteiger partial charge >= 0.3 is 0 Å². The van der Waals surface area contributed by atoms with Crippen molar-refractivity contribution in [2.45, 2.75) is 39.7 Å². The fourth-order valence-electron chi connectivity index (χ4n) is 1.64. The summed E-state index contributed by atoms with van der Waals surface area (Å²) in [4.78, 5) is 11.8. The summed E-state index contributed by atoms with van der Waals surface area (Å²) < 4.78 is 5.52. The van der Waals surface area contributed by atoms with E-state index in [0.717, 1.165) is 16.9 Å². The van der Waals surface area contributed by atoms with Crippen LogP contribution in [0.25, 0.3) is 0 Å². The van der Waals surface area contributed by atoms with Crippen molar-refractivity contribution in [1.29, 1.82) is 0 Å². The van der Waals surface area contributed by atoms with E-state index < -0.39 is 5.54 Å². The molecule has 1 unspecified atom stereocenters. The molecule has 0 spiro atoms. The minimum absolute atomic E-state index is 0.0418. The number of hydrogen-bond acceptors (Lipinski definition) is 3. The van der Waals surface area contributed by atoms with Gasteiger partial charge in [-0.25, -0.2) is 0 Å². The molecule has 0 aliphatic rings. The van der Waals surface area contributed by atoms with Gasteiger partial charge in [0.1, 0.15) is 5.75 Å². The highest BCUT2D eigenvalue weighted by Crippen LogP contribution is 2.20. The van der Waals surface area contributed by atoms with Gasteiger partial charge < -0.3 is 15.2 Å². The Bertz CT molecular complexity index is 439. The van der Waals surface area contributed by atoms with Crippen molar-refractivity contribution >= 4 is 5.91 Å². The van der Waals surface area contributed by atoms with Gasteiger partial charge in [0.15, 0.2) is 6.61 Å². The SMILES string of the molecule is CCC(C)(CO)NC(=O)COc1cccc(C)c1C. The number of ether oxygens (including phenoxy) is 1. The first-order valence-corrected chi connectivity index (χ1v) is 6.52. The lowest BCUT2D eigenvalue weighted by atomic mass is 10.0. The van der Waals surface area contributed by atoms with E-state index in [9.17, 15) is 9.90 Å². The average Bonchev–Trinajstić information content (AvgIpc) is 2.40. The summed E-state index contributed by atoms with van der Waals surface area (Å²) >= 11 is 0. The number of rotatable bonds is 6. The average molecular weight is 265 g/mol. The summed E-state index contributed by atoms with van der Waals surface area (Å²) in [5.41, 5.74) is 1.59. The second kappa shape index (κ2) is 6.57. The second-order valence-corrected chi connectivity index (χ2v) is 5.11. The summed E-state index contributed by atoms with van der Waals surface area (Å²) in [6.07, 6.45) is 0.665. The molecule has 4 heteroatoms. The molecule has 2 N–H and O–H groups in total. The maximum Gasteiger partial charge on any atom is 0.258 e. The predicted molar refractivity (Wildman–Crippen MR) is 75.3 cm³/mol. The van der Waals surface area contributed by atoms with Crippen LogP contribution in [0.4, 0.5) is 0 Å². The first-order chi connectivity index (χ1) is 8.91. The Morgan fingerprint density at radius 2 is 2.11 bits per heavy atom. The van der Waals surface area contributed by atoms with Crippen LogP contribution in [0.1, 0.15) is 31.4 Å². The van der Waals surface area contributed by atoms with Crippen molar-refractivity contribution in [3.63, 3.8) is 0 Å². The largest absolute Gasteiger partial charge is 0.483 e. The van der Waals surface area contributed by atoms with E-state index in [1.54, 1.807) is 0 Å². The van der Waals surface area contributed by atoms with E-state index in [2.05, 4.69) is 5.32 Å². The van der Waals surface area contributed by atoms with Crippen molar-refractivity contribution in [3.8, 4) is 5.75 Å². The summed E-state index contributed by atoms with van der Waals surface area (Å²) in [6.45, 7) is 7.57. The molecular formula is C15H23NO3. The van der Waals surface area contributed by atoms with Gasteiger partial charge in [-0.1, -0.05) is 19.1 Å². The molecule has 0 aromatic heterocycles. The van der Waals surface area contributed by atoms with E-state index in [1.807, 2.05) is 45.9 Å². The van der Waals surface area contributed by atoms with Gasteiger partial charge in [-0.2, -0.15) is 0 Å². The van der Waals surface area contributed by atoms with Crippen molar-refractivity contribution in [1.82, 2.24) is 5.32 Å². The van der Waals surface area contributed by atoms with Crippen LogP contribution in [0.15, 0.2) is 18.2 Å². The number of amides is 1. The predicted octanol–water partition coefficient (Wildman–Crippen LogP) is 1.96. The highest BCUT2D eigenvalue weighted by atomic mass is 16.5. The molecule has 1 rings (SSSR count). The van der Waals surface area contributed by atoms with Gasteiger partial charge in [-0.05, 0) is 44.4 Å². The molecule has 1 atom stereocenters. The van der Waals surface area contributed by atoms with Gasteiger partial charge in [0.2, 0.25) is 0 Å². The normalized spacial score (nSPS) is 13.7. The lowest BCUT2D eigenvalue weighted by Gasteiger charge is -2.27. The summed E-state index contributed by atoms with van der Waals surface area (Å²) in [7, 11) is 0. The molecule has 106 valence electrons. The summed E-state index contributed by atoms with van der Waals surface area (Å²) in [6, 6.07) is 5.75. The van der Waals surface area contributed by atoms with E-state index in [4.69, 9.17) is 4.74 Å². The maximum atomic E-state index is 11.8. The monoisotopic (exact) mass is 265 g/mol. The first-order valence-electron chi connectivity index (χ1n) is 6.52. The quantitative estimate of drug-likeness (QED) is 0.826. The van der Waals surface area contributed by atoms with Crippen LogP contribution in [-0.4, -0.2) is 29.8 Å². The van der Waals surface area contributed by atoms with E-state index in [0.29, 0.717) is 6.42 Å². The molecule has 0 saturated heterocycles. The van der Waals surface area contributed by atoms with Crippen LogP contribution < -0.4 is 10.1 Å². The molecule has 1 aromatic carbocycles. The standard InChI is InChI=1S/C15H23NO3/c1-5-15(4,10-17)16-14(18)9-19-13-8-6-7-11(2)12(13)3/h6-8,17H,5,9-10H2,1-4H3,(H,16,18). The number of aryl methyl sites for hydroxylation is 1. The van der Waals surface area contributed by atoms with Crippen LogP contribution in [0.2, 0.25) is 0 Å². The fraction of sp³-hybridized carbons (Fsp3) is 0.533. The Hall–Kier alpha value is -1.55. The number of aliphatic hydroxyl groups is 1. The molecule has 0 bridgehead atoms. The van der Waals surface area contributed by atoms with Gasteiger partial charge in [0.25, 0.3) is 5.91 Å². The Labute approximate surface area is 114 Å². The van der Waals surface area contributed by atoms with Crippen LogP contribution >= 0.6 is 0 Å². The lowest BCUT2D eigenvalue weighted by molar-refractivity contribution is -0.125. The van der Waals surface area contributed by atoms with E-state index in [1.165, 1.54) is 0 Å². The van der Waals surface area contributed by atoms with Gasteiger partial charge in [-0.15, -0.1) is 0 Å². The number of hydrogen-bond donors (Lipinski definition) is 2. The van der Waals surface area contributed by atoms with Gasteiger partial charge in [0, 0.05) is 0 Å². The maximum absolute atomic E-state index is 11.8. The number of carbonyl (C=O) groups is 1. The van der Waals surface area contributed by atoms with Crippen molar-refractivity contribution in [2.24, 2.45) is 0 Å². The number of nitrogens with one attached hydrogen (secondary N) is 1. The minimum Gasteiger partial charge on any atom is -0.483 e. The third-order valence-corrected chi connectivity index (χ3v) is 3.48. The van der Waals surface area contributed by atoms with Crippen LogP contribution in [0.3, 0.4) is 0 Å². The minimum atomic E-state index is -0.581. The molecule has 1 amide bonds. The second-order valence-electron chi connectivity index (χ2n) is 5.11. The number of aliphatic hydroxyl groups excluding tert-OH is 1. The molecular weight excluding hydrogens is 242 g/mol. The third kappa shape index (κ3) is 4.24. The zero-order chi connectivity index (χ0) is 14.5. The van der Waals surface area contributed by atoms with Crippen molar-refractivity contribution in [2.75, 3.05) is 13.2 Å².